The van der Waals surface area contributed by atoms with E-state index in [0.717, 1.165) is 11.1 Å². The van der Waals surface area contributed by atoms with E-state index in [2.05, 4.69) is 15.0 Å². The Morgan fingerprint density at radius 2 is 1.45 bits per heavy atom. The van der Waals surface area contributed by atoms with Gasteiger partial charge in [0.2, 0.25) is 0 Å². The summed E-state index contributed by atoms with van der Waals surface area (Å²) in [5.41, 5.74) is 0.752. The van der Waals surface area contributed by atoms with Gasteiger partial charge in [-0.3, -0.25) is 19.4 Å². The third-order valence-electron chi connectivity index (χ3n) is 4.16. The van der Waals surface area contributed by atoms with E-state index in [0.29, 0.717) is 5.75 Å². The monoisotopic (exact) mass is 447 g/mol. The lowest BCUT2D eigenvalue weighted by molar-refractivity contribution is -0.186. The average Bonchev–Trinajstić information content (AvgIpc) is 2.72. The quantitative estimate of drug-likeness (QED) is 0.475. The molecule has 0 aliphatic carbocycles. The van der Waals surface area contributed by atoms with E-state index in [-0.39, 0.29) is 5.75 Å². The molecule has 4 atom stereocenters. The van der Waals surface area contributed by atoms with Crippen molar-refractivity contribution in [1.29, 1.82) is 0 Å². The van der Waals surface area contributed by atoms with Crippen molar-refractivity contribution in [2.45, 2.75) is 44.5 Å². The van der Waals surface area contributed by atoms with Crippen LogP contribution in [0.3, 0.4) is 0 Å². The van der Waals surface area contributed by atoms with Crippen LogP contribution >= 0.6 is 11.8 Å². The Kier molecular flexibility index (Phi) is 7.40. The maximum Gasteiger partial charge on any atom is 0.303 e. The first kappa shape index (κ1) is 22.5. The number of hydrogen-bond donors (Lipinski definition) is 0. The van der Waals surface area contributed by atoms with E-state index in [1.165, 1.54) is 45.1 Å². The van der Waals surface area contributed by atoms with Crippen molar-refractivity contribution in [1.82, 2.24) is 15.0 Å². The lowest BCUT2D eigenvalue weighted by atomic mass is 10.1. The van der Waals surface area contributed by atoms with Crippen LogP contribution in [0.15, 0.2) is 37.2 Å². The summed E-state index contributed by atoms with van der Waals surface area (Å²) in [5.74, 6) is -1.04. The fourth-order valence-electron chi connectivity index (χ4n) is 3.03. The smallest absolute Gasteiger partial charge is 0.303 e. The van der Waals surface area contributed by atoms with Crippen LogP contribution in [-0.2, 0) is 28.6 Å². The van der Waals surface area contributed by atoms with Crippen LogP contribution in [0.2, 0.25) is 0 Å². The number of aromatic nitrogens is 3. The minimum absolute atomic E-state index is 0.277. The summed E-state index contributed by atoms with van der Waals surface area (Å²) in [6.45, 7) is 3.71. The van der Waals surface area contributed by atoms with Crippen LogP contribution in [0, 0.1) is 0 Å². The van der Waals surface area contributed by atoms with Crippen molar-refractivity contribution in [2.75, 3.05) is 5.75 Å². The molecule has 0 spiro atoms. The zero-order valence-electron chi connectivity index (χ0n) is 17.1. The highest BCUT2D eigenvalue weighted by Gasteiger charge is 2.47. The molecule has 1 saturated heterocycles. The van der Waals surface area contributed by atoms with Gasteiger partial charge in [-0.2, -0.15) is 0 Å². The van der Waals surface area contributed by atoms with Crippen LogP contribution < -0.4 is 4.74 Å². The number of carbonyl (C=O) groups is 3. The molecule has 2 aromatic heterocycles. The van der Waals surface area contributed by atoms with Crippen molar-refractivity contribution in [2.24, 2.45) is 0 Å². The van der Waals surface area contributed by atoms with Crippen molar-refractivity contribution >= 4 is 29.7 Å². The van der Waals surface area contributed by atoms with E-state index in [9.17, 15) is 14.4 Å². The van der Waals surface area contributed by atoms with Gasteiger partial charge >= 0.3 is 17.9 Å². The fourth-order valence-corrected chi connectivity index (χ4v) is 4.25. The molecule has 11 heteroatoms. The Morgan fingerprint density at radius 3 is 2.10 bits per heavy atom. The first-order chi connectivity index (χ1) is 14.8. The molecule has 0 amide bonds. The Bertz CT molecular complexity index is 943. The van der Waals surface area contributed by atoms with Gasteiger partial charge in [0.1, 0.15) is 12.1 Å². The Balaban J connectivity index is 1.86. The minimum Gasteiger partial charge on any atom is -0.474 e. The van der Waals surface area contributed by atoms with Gasteiger partial charge in [0, 0.05) is 56.2 Å². The second-order valence-corrected chi connectivity index (χ2v) is 7.78. The van der Waals surface area contributed by atoms with Crippen molar-refractivity contribution < 1.29 is 33.3 Å². The number of carbonyl (C=O) groups excluding carboxylic acids is 3. The van der Waals surface area contributed by atoms with Crippen LogP contribution in [-0.4, -0.2) is 62.4 Å². The number of nitrogens with zero attached hydrogens (tertiary/aromatic N) is 3. The zero-order valence-corrected chi connectivity index (χ0v) is 17.9. The molecule has 1 fully saturated rings. The SMILES string of the molecule is CC(=O)O[C@@H]1[C@@H](OC(C)=O)[C@@H](Oc2cncc(-c3cncnc3)c2)SC[C@H]1OC(C)=O. The second kappa shape index (κ2) is 10.2. The lowest BCUT2D eigenvalue weighted by Gasteiger charge is -2.39. The molecule has 0 bridgehead atoms. The molecule has 0 N–H and O–H groups in total. The molecule has 164 valence electrons. The van der Waals surface area contributed by atoms with Crippen LogP contribution in [0.4, 0.5) is 0 Å². The molecule has 3 heterocycles. The van der Waals surface area contributed by atoms with Gasteiger partial charge in [0.05, 0.1) is 6.20 Å². The van der Waals surface area contributed by atoms with Gasteiger partial charge in [0.25, 0.3) is 0 Å². The number of hydrogen-bond acceptors (Lipinski definition) is 11. The highest BCUT2D eigenvalue weighted by Crippen LogP contribution is 2.34. The van der Waals surface area contributed by atoms with Gasteiger partial charge in [-0.1, -0.05) is 0 Å². The molecular weight excluding hydrogens is 426 g/mol. The predicted molar refractivity (Wildman–Crippen MR) is 109 cm³/mol. The van der Waals surface area contributed by atoms with Gasteiger partial charge in [0.15, 0.2) is 23.7 Å². The average molecular weight is 447 g/mol. The van der Waals surface area contributed by atoms with Gasteiger partial charge in [-0.15, -0.1) is 11.8 Å². The van der Waals surface area contributed by atoms with E-state index in [1.54, 1.807) is 24.7 Å². The highest BCUT2D eigenvalue weighted by molar-refractivity contribution is 7.99. The predicted octanol–water partition coefficient (Wildman–Crippen LogP) is 1.79. The first-order valence-corrected chi connectivity index (χ1v) is 10.4. The number of ether oxygens (including phenoxy) is 4. The topological polar surface area (TPSA) is 127 Å². The van der Waals surface area contributed by atoms with E-state index >= 15 is 0 Å². The van der Waals surface area contributed by atoms with Gasteiger partial charge in [-0.25, -0.2) is 9.97 Å². The Labute approximate surface area is 182 Å². The molecule has 0 saturated carbocycles. The van der Waals surface area contributed by atoms with Crippen LogP contribution in [0.25, 0.3) is 11.1 Å². The third-order valence-corrected chi connectivity index (χ3v) is 5.38. The van der Waals surface area contributed by atoms with Gasteiger partial charge in [-0.05, 0) is 6.07 Å². The summed E-state index contributed by atoms with van der Waals surface area (Å²) in [5, 5.41) is 0. The van der Waals surface area contributed by atoms with E-state index < -0.39 is 41.7 Å². The molecule has 1 aliphatic heterocycles. The summed E-state index contributed by atoms with van der Waals surface area (Å²) in [4.78, 5) is 47.1. The lowest BCUT2D eigenvalue weighted by Crippen LogP contribution is -2.55. The minimum atomic E-state index is -1.02. The van der Waals surface area contributed by atoms with Crippen molar-refractivity contribution in [3.8, 4) is 16.9 Å². The van der Waals surface area contributed by atoms with E-state index in [1.807, 2.05) is 0 Å². The van der Waals surface area contributed by atoms with Gasteiger partial charge < -0.3 is 18.9 Å². The third kappa shape index (κ3) is 6.14. The molecule has 3 rings (SSSR count). The molecule has 0 radical (unpaired) electrons. The summed E-state index contributed by atoms with van der Waals surface area (Å²) in [6.07, 6.45) is 5.05. The highest BCUT2D eigenvalue weighted by atomic mass is 32.2. The molecule has 10 nitrogen and oxygen atoms in total. The van der Waals surface area contributed by atoms with E-state index in [4.69, 9.17) is 18.9 Å². The number of thioether (sulfide) groups is 1. The Morgan fingerprint density at radius 1 is 0.839 bits per heavy atom. The fraction of sp³-hybridized carbons (Fsp3) is 0.400. The summed E-state index contributed by atoms with van der Waals surface area (Å²) < 4.78 is 22.1. The first-order valence-electron chi connectivity index (χ1n) is 9.34. The normalized spacial score (nSPS) is 22.8. The molecule has 31 heavy (non-hydrogen) atoms. The zero-order chi connectivity index (χ0) is 22.4. The maximum absolute atomic E-state index is 11.7. The van der Waals surface area contributed by atoms with Crippen molar-refractivity contribution in [3.63, 3.8) is 0 Å². The molecule has 2 aromatic rings. The number of pyridine rings is 1. The standard InChI is InChI=1S/C20H21N3O7S/c1-11(24)27-17-9-31-20(19(29-13(3)26)18(17)28-12(2)25)30-16-4-14(5-21-8-16)15-6-22-10-23-7-15/h4-8,10,17-20H,9H2,1-3H3/t17-,18+,19-,20+/m1/s1. The van der Waals surface area contributed by atoms with Crippen LogP contribution in [0.5, 0.6) is 5.75 Å². The van der Waals surface area contributed by atoms with Crippen molar-refractivity contribution in [3.05, 3.63) is 37.2 Å². The largest absolute Gasteiger partial charge is 0.474 e. The molecule has 0 unspecified atom stereocenters. The molecular formula is C20H21N3O7S. The number of esters is 3. The molecule has 1 aliphatic rings. The summed E-state index contributed by atoms with van der Waals surface area (Å²) in [7, 11) is 0. The molecule has 0 aromatic carbocycles. The summed E-state index contributed by atoms with van der Waals surface area (Å²) in [6, 6.07) is 1.75. The van der Waals surface area contributed by atoms with Crippen LogP contribution in [0.1, 0.15) is 20.8 Å². The Hall–Kier alpha value is -3.21. The maximum atomic E-state index is 11.7. The summed E-state index contributed by atoms with van der Waals surface area (Å²) >= 11 is 1.27. The number of rotatable bonds is 6. The second-order valence-electron chi connectivity index (χ2n) is 6.65.